The molecule has 0 unspecified atom stereocenters. The molecular weight excluding hydrogens is 1610 g/mol. The van der Waals surface area contributed by atoms with Crippen molar-refractivity contribution in [1.82, 2.24) is 18.3 Å². The Morgan fingerprint density at radius 3 is 1.12 bits per heavy atom. The van der Waals surface area contributed by atoms with Crippen molar-refractivity contribution in [3.05, 3.63) is 344 Å². The predicted molar refractivity (Wildman–Crippen MR) is 517 cm³/mol. The Kier molecular flexibility index (Phi) is 15.5. The van der Waals surface area contributed by atoms with Gasteiger partial charge in [0, 0.05) is 152 Å². The van der Waals surface area contributed by atoms with E-state index in [0.29, 0.717) is 0 Å². The SMILES string of the molecule is Brc1ccc2c(c1)c1cc3c(cc1n2-c1ccc2oc4ccccc4c2c1)sc1ccccc13.CC1(C)OB(c2ccc3c(c2)c2c4ccccc4sc2n3-c2ccccc2)OC1(C)C.c1ccc(-n2c3ccc(-c4ccc5c(c4)c4cc6c(cc4n5-c4ccc5oc7ccccc7c5c4)sc4ccccc46)cc3c3c4ccccc4sc32)cc1. The van der Waals surface area contributed by atoms with Gasteiger partial charge in [0.1, 0.15) is 32.0 Å². The van der Waals surface area contributed by atoms with Crippen molar-refractivity contribution in [1.29, 1.82) is 0 Å². The van der Waals surface area contributed by atoms with Crippen LogP contribution in [0.15, 0.2) is 353 Å². The number of nitrogens with zero attached hydrogens (tertiary/aromatic N) is 4. The molecule has 1 aliphatic rings. The Labute approximate surface area is 711 Å². The number of aromatic nitrogens is 4. The van der Waals surface area contributed by atoms with Gasteiger partial charge < -0.3 is 36.4 Å². The average molecular weight is 1680 g/mol. The van der Waals surface area contributed by atoms with Crippen molar-refractivity contribution >= 4 is 264 Å². The van der Waals surface area contributed by atoms with Crippen molar-refractivity contribution in [2.24, 2.45) is 0 Å². The molecule has 0 bridgehead atoms. The second kappa shape index (κ2) is 26.6. The van der Waals surface area contributed by atoms with E-state index in [1.807, 2.05) is 63.5 Å². The van der Waals surface area contributed by atoms with Crippen LogP contribution in [0, 0.1) is 0 Å². The third kappa shape index (κ3) is 10.7. The van der Waals surface area contributed by atoms with Crippen LogP contribution in [-0.2, 0) is 9.31 Å². The molecule has 1 fully saturated rings. The third-order valence-corrected chi connectivity index (χ3v) is 30.3. The highest BCUT2D eigenvalue weighted by molar-refractivity contribution is 9.10. The quantitative estimate of drug-likeness (QED) is 0.156. The molecule has 11 heterocycles. The second-order valence-electron chi connectivity index (χ2n) is 32.5. The highest BCUT2D eigenvalue weighted by atomic mass is 79.9. The summed E-state index contributed by atoms with van der Waals surface area (Å²) in [5.74, 6) is 0. The van der Waals surface area contributed by atoms with Gasteiger partial charge in [0.15, 0.2) is 0 Å². The highest BCUT2D eigenvalue weighted by Crippen LogP contribution is 2.50. The fraction of sp³-hybridized carbons (Fsp3) is 0.0566. The van der Waals surface area contributed by atoms with Crippen LogP contribution in [0.2, 0.25) is 0 Å². The van der Waals surface area contributed by atoms with E-state index in [-0.39, 0.29) is 18.3 Å². The van der Waals surface area contributed by atoms with Crippen LogP contribution in [0.4, 0.5) is 0 Å². The van der Waals surface area contributed by atoms with Crippen molar-refractivity contribution in [2.75, 3.05) is 0 Å². The molecular formula is C106H68BBrN4O4S4. The lowest BCUT2D eigenvalue weighted by atomic mass is 9.78. The van der Waals surface area contributed by atoms with Crippen LogP contribution in [0.25, 0.3) is 224 Å². The summed E-state index contributed by atoms with van der Waals surface area (Å²) in [5.41, 5.74) is 18.3. The number of rotatable bonds is 6. The Morgan fingerprint density at radius 2 is 0.625 bits per heavy atom. The summed E-state index contributed by atoms with van der Waals surface area (Å²) < 4.78 is 43.6. The Hall–Kier alpha value is -12.9. The van der Waals surface area contributed by atoms with Crippen molar-refractivity contribution in [2.45, 2.75) is 38.9 Å². The zero-order chi connectivity index (χ0) is 79.5. The van der Waals surface area contributed by atoms with E-state index in [1.165, 1.54) is 169 Å². The van der Waals surface area contributed by atoms with Crippen LogP contribution in [0.5, 0.6) is 0 Å². The van der Waals surface area contributed by atoms with Gasteiger partial charge in [0.25, 0.3) is 0 Å². The van der Waals surface area contributed by atoms with Crippen LogP contribution in [0.1, 0.15) is 27.7 Å². The van der Waals surface area contributed by atoms with E-state index in [0.717, 1.165) is 65.2 Å². The average Bonchev–Trinajstić information content (AvgIpc) is 1.63. The summed E-state index contributed by atoms with van der Waals surface area (Å²) in [4.78, 5) is 2.56. The Balaban J connectivity index is 0.000000106. The fourth-order valence-electron chi connectivity index (χ4n) is 18.9. The minimum Gasteiger partial charge on any atom is -0.456 e. The van der Waals surface area contributed by atoms with Gasteiger partial charge in [-0.05, 0) is 214 Å². The second-order valence-corrected chi connectivity index (χ2v) is 37.7. The van der Waals surface area contributed by atoms with Crippen molar-refractivity contribution < 1.29 is 18.1 Å². The number of hydrogen-bond acceptors (Lipinski definition) is 8. The molecule has 0 N–H and O–H groups in total. The summed E-state index contributed by atoms with van der Waals surface area (Å²) in [6.45, 7) is 8.40. The molecule has 0 spiro atoms. The summed E-state index contributed by atoms with van der Waals surface area (Å²) in [5, 5.41) is 22.6. The van der Waals surface area contributed by atoms with E-state index in [4.69, 9.17) is 18.1 Å². The van der Waals surface area contributed by atoms with Crippen LogP contribution >= 0.6 is 61.3 Å². The first-order chi connectivity index (χ1) is 58.8. The molecule has 0 aliphatic carbocycles. The fourth-order valence-corrected chi connectivity index (χ4v) is 24.0. The van der Waals surface area contributed by atoms with Gasteiger partial charge in [-0.3, -0.25) is 0 Å². The standard InChI is InChI=1S/C50H28N2OS2.C30H16BrNOS.C26H24BNO2S/c1-2-10-31(11-3-1)52-42-22-19-30(25-40(42)49-35-14-6-9-17-47(35)55-50(49)52)29-18-21-41-36(24-29)37-27-39-34-13-5-8-16-46(34)54-48(39)28-43(37)51(41)32-20-23-45-38(26-32)33-12-4-7-15-44(33)53-45;31-17-9-11-25-21(13-17)22-15-24-20-6-2-4-8-29(20)34-30(24)16-26(22)32(25)18-10-12-28-23(14-18)19-5-1-3-7-27(19)33-28;1-25(2)26(3,4)30-27(29-25)17-14-15-21-20(16-17)23-19-12-8-9-13-22(19)31-24(23)28(21)18-10-6-5-7-11-18/h1-28H;1-16H;5-16H,1-4H3. The zero-order valence-electron chi connectivity index (χ0n) is 65.3. The molecule has 120 heavy (non-hydrogen) atoms. The summed E-state index contributed by atoms with van der Waals surface area (Å²) >= 11 is 11.2. The van der Waals surface area contributed by atoms with Crippen molar-refractivity contribution in [3.63, 3.8) is 0 Å². The number of hydrogen-bond donors (Lipinski definition) is 0. The van der Waals surface area contributed by atoms with Gasteiger partial charge in [0.2, 0.25) is 0 Å². The van der Waals surface area contributed by atoms with E-state index in [9.17, 15) is 0 Å². The summed E-state index contributed by atoms with van der Waals surface area (Å²) in [7, 11) is -0.366. The number of furan rings is 2. The van der Waals surface area contributed by atoms with E-state index >= 15 is 0 Å². The van der Waals surface area contributed by atoms with Crippen molar-refractivity contribution in [3.8, 4) is 33.9 Å². The lowest BCUT2D eigenvalue weighted by molar-refractivity contribution is 0.00578. The maximum atomic E-state index is 6.35. The number of halogens is 1. The van der Waals surface area contributed by atoms with Gasteiger partial charge in [-0.2, -0.15) is 0 Å². The third-order valence-electron chi connectivity index (χ3n) is 25.2. The molecule has 0 amide bonds. The zero-order valence-corrected chi connectivity index (χ0v) is 70.2. The Bertz CT molecular complexity index is 8790. The van der Waals surface area contributed by atoms with E-state index < -0.39 is 0 Å². The first-order valence-electron chi connectivity index (χ1n) is 40.5. The number of fused-ring (bicyclic) bond motifs is 28. The molecule has 10 aromatic heterocycles. The molecule has 8 nitrogen and oxygen atoms in total. The van der Waals surface area contributed by atoms with E-state index in [2.05, 4.69) is 383 Å². The summed E-state index contributed by atoms with van der Waals surface area (Å²) in [6, 6.07) is 123. The first kappa shape index (κ1) is 70.2. The molecule has 0 radical (unpaired) electrons. The first-order valence-corrected chi connectivity index (χ1v) is 44.6. The predicted octanol–water partition coefficient (Wildman–Crippen LogP) is 31.1. The van der Waals surface area contributed by atoms with E-state index in [1.54, 1.807) is 0 Å². The molecule has 1 saturated heterocycles. The van der Waals surface area contributed by atoms with Crippen LogP contribution < -0.4 is 5.46 Å². The number of para-hydroxylation sites is 4. The van der Waals surface area contributed by atoms with Gasteiger partial charge in [0.05, 0.1) is 44.3 Å². The molecule has 16 aromatic carbocycles. The van der Waals surface area contributed by atoms with Crippen LogP contribution in [0.3, 0.4) is 0 Å². The minimum absolute atomic E-state index is 0.354. The number of benzene rings is 16. The van der Waals surface area contributed by atoms with Gasteiger partial charge in [-0.25, -0.2) is 0 Å². The molecule has 1 aliphatic heterocycles. The number of thiophene rings is 4. The maximum absolute atomic E-state index is 6.35. The Morgan fingerprint density at radius 1 is 0.250 bits per heavy atom. The van der Waals surface area contributed by atoms with Gasteiger partial charge >= 0.3 is 7.12 Å². The molecule has 27 rings (SSSR count). The maximum Gasteiger partial charge on any atom is 0.494 e. The summed E-state index contributed by atoms with van der Waals surface area (Å²) in [6.07, 6.45) is 0. The topological polar surface area (TPSA) is 64.5 Å². The largest absolute Gasteiger partial charge is 0.494 e. The molecule has 26 aromatic rings. The smallest absolute Gasteiger partial charge is 0.456 e. The highest BCUT2D eigenvalue weighted by Gasteiger charge is 2.52. The normalized spacial score (nSPS) is 13.8. The van der Waals surface area contributed by atoms with Crippen LogP contribution in [-0.4, -0.2) is 36.6 Å². The monoisotopic (exact) mass is 1680 g/mol. The molecule has 0 atom stereocenters. The molecule has 0 saturated carbocycles. The van der Waals surface area contributed by atoms with Gasteiger partial charge in [-0.15, -0.1) is 45.3 Å². The molecule has 570 valence electrons. The lowest BCUT2D eigenvalue weighted by Gasteiger charge is -2.32. The van der Waals surface area contributed by atoms with Gasteiger partial charge in [-0.1, -0.05) is 186 Å². The molecule has 14 heteroatoms. The minimum atomic E-state index is -0.366. The lowest BCUT2D eigenvalue weighted by Crippen LogP contribution is -2.41.